The Kier molecular flexibility index (Phi) is 3.26. The van der Waals surface area contributed by atoms with E-state index in [1.165, 1.54) is 12.1 Å². The molecule has 1 aliphatic rings. The second kappa shape index (κ2) is 3.76. The molecule has 0 saturated carbocycles. The topological polar surface area (TPSA) is 3.24 Å². The van der Waals surface area contributed by atoms with Crippen LogP contribution < -0.4 is 0 Å². The van der Waals surface area contributed by atoms with Gasteiger partial charge in [-0.2, -0.15) is 0 Å². The zero-order valence-corrected chi connectivity index (χ0v) is 13.4. The highest BCUT2D eigenvalue weighted by atomic mass is 28.4. The molecular formula is C12H25NSi2. The van der Waals surface area contributed by atoms with Gasteiger partial charge in [-0.25, -0.2) is 0 Å². The minimum absolute atomic E-state index is 0.0939. The van der Waals surface area contributed by atoms with Crippen LogP contribution in [0.25, 0.3) is 0 Å². The van der Waals surface area contributed by atoms with Gasteiger partial charge in [-0.15, -0.1) is 5.92 Å². The van der Waals surface area contributed by atoms with Crippen LogP contribution in [0.4, 0.5) is 0 Å². The molecule has 0 aromatic rings. The Morgan fingerprint density at radius 2 is 1.40 bits per heavy atom. The fourth-order valence-corrected chi connectivity index (χ4v) is 19.2. The molecule has 0 amide bonds. The molecule has 0 aromatic heterocycles. The predicted molar refractivity (Wildman–Crippen MR) is 73.9 cm³/mol. The van der Waals surface area contributed by atoms with Gasteiger partial charge in [0.1, 0.15) is 16.5 Å². The summed E-state index contributed by atoms with van der Waals surface area (Å²) in [7, 11) is -2.37. The molecule has 1 rings (SSSR count). The smallest absolute Gasteiger partial charge is 0.116 e. The molecule has 1 heterocycles. The van der Waals surface area contributed by atoms with Crippen LogP contribution >= 0.6 is 0 Å². The SMILES string of the molecule is CC#CC(C)(C)N1[Si](C)(C)CC[Si]1(C)C. The molecule has 0 spiro atoms. The normalized spacial score (nSPS) is 24.7. The Morgan fingerprint density at radius 1 is 1.00 bits per heavy atom. The lowest BCUT2D eigenvalue weighted by atomic mass is 10.1. The average Bonchev–Trinajstić information content (AvgIpc) is 2.20. The van der Waals surface area contributed by atoms with E-state index in [4.69, 9.17) is 0 Å². The summed E-state index contributed by atoms with van der Waals surface area (Å²) in [5.74, 6) is 6.53. The van der Waals surface area contributed by atoms with E-state index in [1.807, 2.05) is 6.92 Å². The summed E-state index contributed by atoms with van der Waals surface area (Å²) in [6.45, 7) is 16.6. The van der Waals surface area contributed by atoms with Crippen LogP contribution in [-0.2, 0) is 0 Å². The number of rotatable bonds is 1. The fraction of sp³-hybridized carbons (Fsp3) is 0.833. The second-order valence-electron chi connectivity index (χ2n) is 6.39. The second-order valence-corrected chi connectivity index (χ2v) is 16.0. The third kappa shape index (κ3) is 2.38. The minimum atomic E-state index is -1.19. The summed E-state index contributed by atoms with van der Waals surface area (Å²) < 4.78 is 2.86. The summed E-state index contributed by atoms with van der Waals surface area (Å²) >= 11 is 0. The fourth-order valence-electron chi connectivity index (χ4n) is 3.53. The van der Waals surface area contributed by atoms with Gasteiger partial charge in [0.25, 0.3) is 0 Å². The third-order valence-corrected chi connectivity index (χ3v) is 14.2. The molecule has 0 aromatic carbocycles. The van der Waals surface area contributed by atoms with E-state index in [0.29, 0.717) is 0 Å². The molecule has 0 N–H and O–H groups in total. The Labute approximate surface area is 97.4 Å². The van der Waals surface area contributed by atoms with Gasteiger partial charge >= 0.3 is 0 Å². The molecular weight excluding hydrogens is 214 g/mol. The Bertz CT molecular complexity index is 291. The van der Waals surface area contributed by atoms with E-state index in [0.717, 1.165) is 0 Å². The van der Waals surface area contributed by atoms with Gasteiger partial charge in [0, 0.05) is 0 Å². The lowest BCUT2D eigenvalue weighted by molar-refractivity contribution is 0.417. The first-order chi connectivity index (χ1) is 6.63. The summed E-state index contributed by atoms with van der Waals surface area (Å²) in [5, 5.41) is 0. The van der Waals surface area contributed by atoms with Gasteiger partial charge in [0.05, 0.1) is 5.54 Å². The van der Waals surface area contributed by atoms with Crippen molar-refractivity contribution in [3.63, 3.8) is 0 Å². The summed E-state index contributed by atoms with van der Waals surface area (Å²) in [6.07, 6.45) is 0. The molecule has 1 saturated heterocycles. The van der Waals surface area contributed by atoms with Crippen LogP contribution in [0, 0.1) is 11.8 Å². The highest BCUT2D eigenvalue weighted by molar-refractivity contribution is 6.95. The lowest BCUT2D eigenvalue weighted by Gasteiger charge is -2.47. The van der Waals surface area contributed by atoms with E-state index < -0.39 is 16.5 Å². The van der Waals surface area contributed by atoms with Gasteiger partial charge in [-0.05, 0) is 32.9 Å². The van der Waals surface area contributed by atoms with Crippen LogP contribution in [-0.4, -0.2) is 26.2 Å². The van der Waals surface area contributed by atoms with Gasteiger partial charge in [0.15, 0.2) is 0 Å². The first-order valence-electron chi connectivity index (χ1n) is 5.88. The molecule has 15 heavy (non-hydrogen) atoms. The number of nitrogens with zero attached hydrogens (tertiary/aromatic N) is 1. The molecule has 86 valence electrons. The van der Waals surface area contributed by atoms with Crippen molar-refractivity contribution in [3.05, 3.63) is 0 Å². The zero-order chi connectivity index (χ0) is 11.9. The molecule has 1 aliphatic heterocycles. The highest BCUT2D eigenvalue weighted by Gasteiger charge is 2.52. The quantitative estimate of drug-likeness (QED) is 0.500. The van der Waals surface area contributed by atoms with Crippen molar-refractivity contribution in [2.75, 3.05) is 0 Å². The third-order valence-electron chi connectivity index (χ3n) is 3.55. The molecule has 0 aliphatic carbocycles. The first kappa shape index (κ1) is 13.0. The van der Waals surface area contributed by atoms with E-state index in [9.17, 15) is 0 Å². The molecule has 0 unspecified atom stereocenters. The van der Waals surface area contributed by atoms with Crippen LogP contribution in [0.1, 0.15) is 20.8 Å². The molecule has 3 heteroatoms. The molecule has 0 bridgehead atoms. The van der Waals surface area contributed by atoms with Gasteiger partial charge in [-0.3, -0.25) is 0 Å². The molecule has 1 nitrogen and oxygen atoms in total. The Hall–Kier alpha value is -0.0462. The largest absolute Gasteiger partial charge is 0.331 e. The molecule has 0 radical (unpaired) electrons. The minimum Gasteiger partial charge on any atom is -0.331 e. The summed E-state index contributed by atoms with van der Waals surface area (Å²) in [4.78, 5) is 0. The van der Waals surface area contributed by atoms with Crippen molar-refractivity contribution in [1.29, 1.82) is 0 Å². The predicted octanol–water partition coefficient (Wildman–Crippen LogP) is 3.51. The average molecular weight is 240 g/mol. The van der Waals surface area contributed by atoms with Crippen molar-refractivity contribution < 1.29 is 0 Å². The van der Waals surface area contributed by atoms with Crippen LogP contribution in [0.2, 0.25) is 38.3 Å². The number of hydrogen-bond acceptors (Lipinski definition) is 1. The summed E-state index contributed by atoms with van der Waals surface area (Å²) in [6, 6.07) is 2.92. The Morgan fingerprint density at radius 3 is 1.73 bits per heavy atom. The maximum absolute atomic E-state index is 3.42. The van der Waals surface area contributed by atoms with E-state index >= 15 is 0 Å². The van der Waals surface area contributed by atoms with Crippen LogP contribution in [0.5, 0.6) is 0 Å². The Balaban J connectivity index is 3.13. The zero-order valence-electron chi connectivity index (χ0n) is 11.4. The molecule has 1 fully saturated rings. The van der Waals surface area contributed by atoms with E-state index in [-0.39, 0.29) is 5.54 Å². The maximum Gasteiger partial charge on any atom is 0.116 e. The highest BCUT2D eigenvalue weighted by Crippen LogP contribution is 2.41. The maximum atomic E-state index is 3.42. The van der Waals surface area contributed by atoms with Crippen LogP contribution in [0.3, 0.4) is 0 Å². The van der Waals surface area contributed by atoms with Crippen molar-refractivity contribution in [2.45, 2.75) is 64.6 Å². The molecule has 0 atom stereocenters. The standard InChI is InChI=1S/C12H25NSi2/c1-8-9-12(2,3)13-14(4,5)10-11-15(13,6)7/h10-11H2,1-7H3. The van der Waals surface area contributed by atoms with E-state index in [2.05, 4.69) is 56.1 Å². The number of hydrogen-bond donors (Lipinski definition) is 0. The van der Waals surface area contributed by atoms with Gasteiger partial charge < -0.3 is 4.23 Å². The van der Waals surface area contributed by atoms with Crippen LogP contribution in [0.15, 0.2) is 0 Å². The first-order valence-corrected chi connectivity index (χ1v) is 12.2. The summed E-state index contributed by atoms with van der Waals surface area (Å²) in [5.41, 5.74) is 0.0939. The monoisotopic (exact) mass is 239 g/mol. The van der Waals surface area contributed by atoms with Crippen molar-refractivity contribution >= 4 is 16.5 Å². The van der Waals surface area contributed by atoms with Gasteiger partial charge in [0.2, 0.25) is 0 Å². The van der Waals surface area contributed by atoms with Gasteiger partial charge in [-0.1, -0.05) is 32.1 Å². The van der Waals surface area contributed by atoms with E-state index in [1.54, 1.807) is 0 Å². The van der Waals surface area contributed by atoms with Crippen molar-refractivity contribution in [3.8, 4) is 11.8 Å². The van der Waals surface area contributed by atoms with Crippen molar-refractivity contribution in [2.24, 2.45) is 0 Å². The lowest BCUT2D eigenvalue weighted by Crippen LogP contribution is -2.63. The van der Waals surface area contributed by atoms with Crippen molar-refractivity contribution in [1.82, 2.24) is 4.23 Å².